The molecule has 0 saturated heterocycles. The highest BCUT2D eigenvalue weighted by atomic mass is 32.2. The maximum absolute atomic E-state index is 11.7. The average molecular weight is 314 g/mol. The molecule has 116 valence electrons. The molecule has 0 aliphatic carbocycles. The summed E-state index contributed by atoms with van der Waals surface area (Å²) in [5, 5.41) is 11.1. The van der Waals surface area contributed by atoms with Crippen LogP contribution in [-0.2, 0) is 19.6 Å². The van der Waals surface area contributed by atoms with Gasteiger partial charge in [-0.15, -0.1) is 0 Å². The second-order valence-electron chi connectivity index (χ2n) is 4.79. The zero-order chi connectivity index (χ0) is 16.0. The predicted octanol–water partition coefficient (Wildman–Crippen LogP) is 1.50. The fraction of sp³-hybridized carbons (Fsp3) is 0.385. The highest BCUT2D eigenvalue weighted by molar-refractivity contribution is 7.92. The number of carbonyl (C=O) groups is 2. The molecular weight excluding hydrogens is 296 g/mol. The lowest BCUT2D eigenvalue weighted by atomic mass is 10.2. The Bertz CT molecular complexity index is 625. The Balaban J connectivity index is 2.76. The molecule has 0 aliphatic heterocycles. The number of anilines is 2. The second kappa shape index (κ2) is 7.07. The number of rotatable bonds is 7. The van der Waals surface area contributed by atoms with E-state index >= 15 is 0 Å². The number of amides is 1. The summed E-state index contributed by atoms with van der Waals surface area (Å²) in [6.45, 7) is 3.49. The number of aliphatic carboxylic acids is 1. The summed E-state index contributed by atoms with van der Waals surface area (Å²) in [5.41, 5.74) is 0.731. The molecule has 1 rings (SSSR count). The number of carboxylic acids is 1. The number of nitrogens with one attached hydrogen (secondary N) is 2. The van der Waals surface area contributed by atoms with Crippen molar-refractivity contribution in [2.45, 2.75) is 20.3 Å². The van der Waals surface area contributed by atoms with Gasteiger partial charge in [-0.25, -0.2) is 8.42 Å². The van der Waals surface area contributed by atoms with Gasteiger partial charge in [0.1, 0.15) is 0 Å². The zero-order valence-electron chi connectivity index (χ0n) is 11.8. The first-order chi connectivity index (χ1) is 9.69. The number of sulfonamides is 1. The molecule has 0 radical (unpaired) electrons. The van der Waals surface area contributed by atoms with Crippen LogP contribution >= 0.6 is 0 Å². The number of benzene rings is 1. The number of hydrogen-bond acceptors (Lipinski definition) is 4. The minimum Gasteiger partial charge on any atom is -0.481 e. The van der Waals surface area contributed by atoms with Crippen LogP contribution in [0.25, 0.3) is 0 Å². The zero-order valence-corrected chi connectivity index (χ0v) is 12.6. The van der Waals surface area contributed by atoms with Crippen LogP contribution in [0.1, 0.15) is 20.3 Å². The van der Waals surface area contributed by atoms with Crippen molar-refractivity contribution in [1.29, 1.82) is 0 Å². The Hall–Kier alpha value is -2.09. The van der Waals surface area contributed by atoms with Crippen LogP contribution in [0.15, 0.2) is 24.3 Å². The smallest absolute Gasteiger partial charge is 0.304 e. The Labute approximate surface area is 123 Å². The first-order valence-electron chi connectivity index (χ1n) is 6.33. The van der Waals surface area contributed by atoms with E-state index in [2.05, 4.69) is 10.0 Å². The Morgan fingerprint density at radius 3 is 2.43 bits per heavy atom. The third-order valence-corrected chi connectivity index (χ3v) is 3.80. The summed E-state index contributed by atoms with van der Waals surface area (Å²) < 4.78 is 25.6. The largest absolute Gasteiger partial charge is 0.481 e. The van der Waals surface area contributed by atoms with E-state index in [9.17, 15) is 18.0 Å². The number of hydrogen-bond donors (Lipinski definition) is 3. The van der Waals surface area contributed by atoms with E-state index in [-0.39, 0.29) is 17.5 Å². The number of carbonyl (C=O) groups excluding carboxylic acids is 1. The van der Waals surface area contributed by atoms with E-state index in [0.717, 1.165) is 0 Å². The van der Waals surface area contributed by atoms with Gasteiger partial charge in [-0.3, -0.25) is 14.3 Å². The maximum Gasteiger partial charge on any atom is 0.304 e. The molecule has 21 heavy (non-hydrogen) atoms. The molecule has 1 aromatic carbocycles. The van der Waals surface area contributed by atoms with Gasteiger partial charge in [0, 0.05) is 11.6 Å². The molecule has 0 unspecified atom stereocenters. The standard InChI is InChI=1S/C13H18N2O5S/c1-9(2)13(18)14-10-4-3-5-11(8-10)15-21(19,20)7-6-12(16)17/h3-5,8-9,15H,6-7H2,1-2H3,(H,14,18)(H,16,17). The molecule has 0 bridgehead atoms. The summed E-state index contributed by atoms with van der Waals surface area (Å²) in [6.07, 6.45) is -0.473. The van der Waals surface area contributed by atoms with Crippen LogP contribution in [0.5, 0.6) is 0 Å². The van der Waals surface area contributed by atoms with E-state index in [1.54, 1.807) is 26.0 Å². The molecule has 0 spiro atoms. The molecule has 8 heteroatoms. The lowest BCUT2D eigenvalue weighted by Gasteiger charge is -2.11. The molecule has 7 nitrogen and oxygen atoms in total. The van der Waals surface area contributed by atoms with E-state index in [4.69, 9.17) is 5.11 Å². The summed E-state index contributed by atoms with van der Waals surface area (Å²) in [4.78, 5) is 22.0. The predicted molar refractivity (Wildman–Crippen MR) is 79.6 cm³/mol. The third-order valence-electron chi connectivity index (χ3n) is 2.51. The Morgan fingerprint density at radius 1 is 1.24 bits per heavy atom. The van der Waals surface area contributed by atoms with Crippen molar-refractivity contribution in [2.75, 3.05) is 15.8 Å². The van der Waals surface area contributed by atoms with Gasteiger partial charge < -0.3 is 10.4 Å². The summed E-state index contributed by atoms with van der Waals surface area (Å²) in [5.74, 6) is -2.06. The van der Waals surface area contributed by atoms with E-state index in [1.165, 1.54) is 12.1 Å². The van der Waals surface area contributed by atoms with E-state index in [1.807, 2.05) is 0 Å². The molecule has 3 N–H and O–H groups in total. The molecule has 0 aliphatic rings. The summed E-state index contributed by atoms with van der Waals surface area (Å²) in [7, 11) is -3.73. The molecular formula is C13H18N2O5S. The monoisotopic (exact) mass is 314 g/mol. The van der Waals surface area contributed by atoms with Crippen LogP contribution < -0.4 is 10.0 Å². The normalized spacial score (nSPS) is 11.2. The van der Waals surface area contributed by atoms with Gasteiger partial charge in [-0.2, -0.15) is 0 Å². The van der Waals surface area contributed by atoms with Gasteiger partial charge in [0.15, 0.2) is 0 Å². The fourth-order valence-corrected chi connectivity index (χ4v) is 2.43. The highest BCUT2D eigenvalue weighted by Gasteiger charge is 2.13. The first-order valence-corrected chi connectivity index (χ1v) is 7.98. The van der Waals surface area contributed by atoms with Crippen molar-refractivity contribution in [1.82, 2.24) is 0 Å². The Morgan fingerprint density at radius 2 is 1.86 bits per heavy atom. The van der Waals surface area contributed by atoms with Gasteiger partial charge in [-0.1, -0.05) is 19.9 Å². The van der Waals surface area contributed by atoms with Crippen molar-refractivity contribution in [3.63, 3.8) is 0 Å². The molecule has 1 aromatic rings. The minimum atomic E-state index is -3.73. The summed E-state index contributed by atoms with van der Waals surface area (Å²) >= 11 is 0. The van der Waals surface area contributed by atoms with Crippen molar-refractivity contribution in [2.24, 2.45) is 5.92 Å². The quantitative estimate of drug-likeness (QED) is 0.706. The van der Waals surface area contributed by atoms with Crippen LogP contribution in [-0.4, -0.2) is 31.2 Å². The molecule has 0 atom stereocenters. The van der Waals surface area contributed by atoms with E-state index < -0.39 is 28.2 Å². The van der Waals surface area contributed by atoms with Crippen molar-refractivity contribution < 1.29 is 23.1 Å². The Kier molecular flexibility index (Phi) is 5.71. The van der Waals surface area contributed by atoms with Crippen LogP contribution in [0, 0.1) is 5.92 Å². The number of carboxylic acid groups (broad SMARTS) is 1. The van der Waals surface area contributed by atoms with E-state index in [0.29, 0.717) is 5.69 Å². The van der Waals surface area contributed by atoms with Crippen molar-refractivity contribution in [3.8, 4) is 0 Å². The highest BCUT2D eigenvalue weighted by Crippen LogP contribution is 2.17. The molecule has 0 heterocycles. The van der Waals surface area contributed by atoms with Crippen LogP contribution in [0.3, 0.4) is 0 Å². The molecule has 1 amide bonds. The lowest BCUT2D eigenvalue weighted by molar-refractivity contribution is -0.136. The van der Waals surface area contributed by atoms with Crippen LogP contribution in [0.2, 0.25) is 0 Å². The lowest BCUT2D eigenvalue weighted by Crippen LogP contribution is -2.20. The first kappa shape index (κ1) is 17.0. The minimum absolute atomic E-state index is 0.180. The SMILES string of the molecule is CC(C)C(=O)Nc1cccc(NS(=O)(=O)CCC(=O)O)c1. The third kappa shape index (κ3) is 6.26. The van der Waals surface area contributed by atoms with Crippen LogP contribution in [0.4, 0.5) is 11.4 Å². The van der Waals surface area contributed by atoms with Gasteiger partial charge in [0.2, 0.25) is 15.9 Å². The van der Waals surface area contributed by atoms with Gasteiger partial charge in [-0.05, 0) is 18.2 Å². The molecule has 0 saturated carbocycles. The van der Waals surface area contributed by atoms with Gasteiger partial charge in [0.25, 0.3) is 0 Å². The second-order valence-corrected chi connectivity index (χ2v) is 6.63. The topological polar surface area (TPSA) is 113 Å². The van der Waals surface area contributed by atoms with Crippen molar-refractivity contribution >= 4 is 33.3 Å². The molecule has 0 fully saturated rings. The van der Waals surface area contributed by atoms with Gasteiger partial charge >= 0.3 is 5.97 Å². The maximum atomic E-state index is 11.7. The average Bonchev–Trinajstić information content (AvgIpc) is 2.36. The molecule has 0 aromatic heterocycles. The van der Waals surface area contributed by atoms with Crippen molar-refractivity contribution in [3.05, 3.63) is 24.3 Å². The fourth-order valence-electron chi connectivity index (χ4n) is 1.40. The van der Waals surface area contributed by atoms with Gasteiger partial charge in [0.05, 0.1) is 17.9 Å². The summed E-state index contributed by atoms with van der Waals surface area (Å²) in [6, 6.07) is 6.21.